The molecule has 5 N–H and O–H groups in total. The maximum Gasteiger partial charge on any atom is 0.442 e. The molecular weight excluding hydrogens is 687 g/mol. The molecule has 0 aromatic heterocycles. The summed E-state index contributed by atoms with van der Waals surface area (Å²) in [5, 5.41) is 9.66. The van der Waals surface area contributed by atoms with E-state index in [-0.39, 0.29) is 46.1 Å². The highest BCUT2D eigenvalue weighted by Crippen LogP contribution is 2.52. The molecule has 0 amide bonds. The van der Waals surface area contributed by atoms with Crippen molar-refractivity contribution in [3.8, 4) is 0 Å². The summed E-state index contributed by atoms with van der Waals surface area (Å²) in [5.41, 5.74) is 9.32. The maximum absolute atomic E-state index is 12.9. The summed E-state index contributed by atoms with van der Waals surface area (Å²) in [5.74, 6) is 1.62. The number of nitrogens with zero attached hydrogens (tertiary/aromatic N) is 2. The fourth-order valence-corrected chi connectivity index (χ4v) is 5.33. The number of benzene rings is 1. The minimum atomic E-state index is -4.48. The molecule has 8 nitrogen and oxygen atoms in total. The number of hydrogen-bond acceptors (Lipinski definition) is 8. The van der Waals surface area contributed by atoms with Gasteiger partial charge in [-0.25, -0.2) is 0 Å². The van der Waals surface area contributed by atoms with E-state index in [2.05, 4.69) is 29.4 Å². The average molecular weight is 751 g/mol. The van der Waals surface area contributed by atoms with Crippen molar-refractivity contribution >= 4 is 34.3 Å². The smallest absolute Gasteiger partial charge is 0.330 e. The van der Waals surface area contributed by atoms with E-state index >= 15 is 0 Å². The van der Waals surface area contributed by atoms with E-state index < -0.39 is 11.8 Å². The zero-order valence-corrected chi connectivity index (χ0v) is 31.9. The summed E-state index contributed by atoms with van der Waals surface area (Å²) in [6.07, 6.45) is 7.52. The number of carbonyl (C=O) groups excluding carboxylic acids is 3. The summed E-state index contributed by atoms with van der Waals surface area (Å²) < 4.78 is 38.7. The van der Waals surface area contributed by atoms with E-state index in [0.29, 0.717) is 18.1 Å². The number of nitrogens with two attached hydrogens (primary N) is 2. The number of ketones is 3. The number of unbranched alkanes of at least 4 members (excludes halogenated alkanes) is 3. The predicted molar refractivity (Wildman–Crippen MR) is 194 cm³/mol. The van der Waals surface area contributed by atoms with E-state index in [1.165, 1.54) is 12.1 Å². The van der Waals surface area contributed by atoms with Crippen molar-refractivity contribution in [3.05, 3.63) is 35.4 Å². The van der Waals surface area contributed by atoms with E-state index in [1.807, 2.05) is 6.92 Å². The van der Waals surface area contributed by atoms with Crippen molar-refractivity contribution in [2.45, 2.75) is 137 Å². The summed E-state index contributed by atoms with van der Waals surface area (Å²) >= 11 is 0. The number of nitrogens with one attached hydrogen (secondary N) is 1. The normalized spacial score (nSPS) is 14.6. The SMILES string of the molecule is Br.CCC(CCCCN)C(C)=O.CCC(CCCCN)C(C)=O.CCC(CCCCNCc1ccc(C2(C(F)(F)F)N=N2)cc1)C(C)=O. The summed E-state index contributed by atoms with van der Waals surface area (Å²) in [6, 6.07) is 6.20. The maximum atomic E-state index is 12.9. The summed E-state index contributed by atoms with van der Waals surface area (Å²) in [7, 11) is 0. The first kappa shape index (κ1) is 48.1. The van der Waals surface area contributed by atoms with Gasteiger partial charge in [0.1, 0.15) is 17.3 Å². The molecule has 1 aliphatic heterocycles. The van der Waals surface area contributed by atoms with E-state index in [9.17, 15) is 27.6 Å². The minimum absolute atomic E-state index is 0. The van der Waals surface area contributed by atoms with Crippen LogP contribution in [-0.4, -0.2) is 43.2 Å². The molecule has 0 fully saturated rings. The first-order valence-corrected chi connectivity index (χ1v) is 17.5. The Labute approximate surface area is 298 Å². The summed E-state index contributed by atoms with van der Waals surface area (Å²) in [6.45, 7) is 14.0. The molecule has 1 heterocycles. The summed E-state index contributed by atoms with van der Waals surface area (Å²) in [4.78, 5) is 33.2. The molecule has 3 unspecified atom stereocenters. The van der Waals surface area contributed by atoms with Crippen molar-refractivity contribution in [3.63, 3.8) is 0 Å². The number of carbonyl (C=O) groups is 3. The first-order chi connectivity index (χ1) is 22.2. The Hall–Kier alpha value is -2.02. The van der Waals surface area contributed by atoms with E-state index in [1.54, 1.807) is 32.9 Å². The average Bonchev–Trinajstić information content (AvgIpc) is 3.84. The largest absolute Gasteiger partial charge is 0.442 e. The Morgan fingerprint density at radius 2 is 1.08 bits per heavy atom. The highest BCUT2D eigenvalue weighted by Gasteiger charge is 2.65. The molecule has 12 heteroatoms. The van der Waals surface area contributed by atoms with Gasteiger partial charge >= 0.3 is 11.8 Å². The lowest BCUT2D eigenvalue weighted by Gasteiger charge is -2.15. The van der Waals surface area contributed by atoms with Crippen LogP contribution in [0.4, 0.5) is 13.2 Å². The molecule has 0 radical (unpaired) electrons. The Kier molecular flexibility index (Phi) is 26.8. The molecule has 1 aromatic carbocycles. The number of rotatable bonds is 22. The van der Waals surface area contributed by atoms with Crippen LogP contribution in [0.15, 0.2) is 34.5 Å². The lowest BCUT2D eigenvalue weighted by Crippen LogP contribution is -2.30. The van der Waals surface area contributed by atoms with Gasteiger partial charge in [-0.05, 0) is 104 Å². The standard InChI is InChI=1S/C18H24F3N3O.2C9H19NO.BrH/c1-3-15(13(2)25)6-4-5-11-22-12-14-7-9-16(10-8-14)17(23-24-17)18(19,20)21;2*1-3-9(8(2)11)6-4-5-7-10;/h7-10,15,22H,3-6,11-12H2,1-2H3;2*9H,3-7,10H2,1-2H3;1H. The number of alkyl halides is 3. The molecule has 0 aliphatic carbocycles. The van der Waals surface area contributed by atoms with Crippen LogP contribution in [0.5, 0.6) is 0 Å². The molecular formula is C36H63BrF3N5O3. The van der Waals surface area contributed by atoms with Crippen molar-refractivity contribution in [2.24, 2.45) is 39.4 Å². The van der Waals surface area contributed by atoms with Crippen LogP contribution in [0.3, 0.4) is 0 Å². The van der Waals surface area contributed by atoms with Crippen molar-refractivity contribution in [1.82, 2.24) is 5.32 Å². The molecule has 278 valence electrons. The Morgan fingerprint density at radius 1 is 0.708 bits per heavy atom. The van der Waals surface area contributed by atoms with Crippen molar-refractivity contribution < 1.29 is 27.6 Å². The second-order valence-electron chi connectivity index (χ2n) is 12.5. The molecule has 48 heavy (non-hydrogen) atoms. The second kappa shape index (κ2) is 26.8. The molecule has 3 atom stereocenters. The van der Waals surface area contributed by atoms with Gasteiger partial charge in [-0.1, -0.05) is 64.3 Å². The van der Waals surface area contributed by atoms with Crippen molar-refractivity contribution in [2.75, 3.05) is 19.6 Å². The van der Waals surface area contributed by atoms with Crippen LogP contribution in [0.2, 0.25) is 0 Å². The van der Waals surface area contributed by atoms with E-state index in [0.717, 1.165) is 102 Å². The zero-order valence-electron chi connectivity index (χ0n) is 30.2. The fourth-order valence-electron chi connectivity index (χ4n) is 5.33. The van der Waals surface area contributed by atoms with Gasteiger partial charge in [0.25, 0.3) is 0 Å². The van der Waals surface area contributed by atoms with Gasteiger partial charge in [0.15, 0.2) is 0 Å². The van der Waals surface area contributed by atoms with Gasteiger partial charge in [0.2, 0.25) is 0 Å². The molecule has 0 spiro atoms. The molecule has 0 bridgehead atoms. The Morgan fingerprint density at radius 3 is 1.38 bits per heavy atom. The lowest BCUT2D eigenvalue weighted by atomic mass is 9.95. The number of halogens is 4. The number of Topliss-reactive ketones (excluding diaryl/α,β-unsaturated/α-hetero) is 3. The van der Waals surface area contributed by atoms with E-state index in [4.69, 9.17) is 11.5 Å². The number of hydrogen-bond donors (Lipinski definition) is 3. The third-order valence-electron chi connectivity index (χ3n) is 8.75. The monoisotopic (exact) mass is 749 g/mol. The van der Waals surface area contributed by atoms with Gasteiger partial charge in [-0.15, -0.1) is 27.2 Å². The van der Waals surface area contributed by atoms with Crippen LogP contribution < -0.4 is 16.8 Å². The highest BCUT2D eigenvalue weighted by atomic mass is 79.9. The molecule has 2 rings (SSSR count). The van der Waals surface area contributed by atoms with Crippen LogP contribution in [-0.2, 0) is 26.6 Å². The topological polar surface area (TPSA) is 140 Å². The second-order valence-corrected chi connectivity index (χ2v) is 12.5. The molecule has 0 saturated heterocycles. The third kappa shape index (κ3) is 19.2. The van der Waals surface area contributed by atoms with Gasteiger partial charge < -0.3 is 16.8 Å². The van der Waals surface area contributed by atoms with Gasteiger partial charge in [0, 0.05) is 29.9 Å². The third-order valence-corrected chi connectivity index (χ3v) is 8.75. The van der Waals surface area contributed by atoms with Gasteiger partial charge in [-0.2, -0.15) is 13.2 Å². The fraction of sp³-hybridized carbons (Fsp3) is 0.750. The highest BCUT2D eigenvalue weighted by molar-refractivity contribution is 8.93. The molecule has 1 aliphatic rings. The van der Waals surface area contributed by atoms with Crippen molar-refractivity contribution in [1.29, 1.82) is 0 Å². The van der Waals surface area contributed by atoms with Crippen LogP contribution in [0.1, 0.15) is 130 Å². The van der Waals surface area contributed by atoms with Crippen LogP contribution in [0, 0.1) is 17.8 Å². The Bertz CT molecular complexity index is 1020. The van der Waals surface area contributed by atoms with Gasteiger partial charge in [0.05, 0.1) is 0 Å². The quantitative estimate of drug-likeness (QED) is 0.101. The lowest BCUT2D eigenvalue weighted by molar-refractivity contribution is -0.166. The zero-order chi connectivity index (χ0) is 35.9. The molecule has 0 saturated carbocycles. The minimum Gasteiger partial charge on any atom is -0.330 e. The molecule has 1 aromatic rings. The van der Waals surface area contributed by atoms with Crippen LogP contribution in [0.25, 0.3) is 0 Å². The predicted octanol–water partition coefficient (Wildman–Crippen LogP) is 8.78. The van der Waals surface area contributed by atoms with Gasteiger partial charge in [-0.3, -0.25) is 14.4 Å². The first-order valence-electron chi connectivity index (χ1n) is 17.5. The van der Waals surface area contributed by atoms with Crippen LogP contribution >= 0.6 is 17.0 Å². The Balaban J connectivity index is 0.